The van der Waals surface area contributed by atoms with E-state index in [9.17, 15) is 0 Å². The second kappa shape index (κ2) is 9.72. The van der Waals surface area contributed by atoms with Gasteiger partial charge in [-0.1, -0.05) is 37.6 Å². The molecular weight excluding hydrogens is 390 g/mol. The van der Waals surface area contributed by atoms with Gasteiger partial charge in [0.2, 0.25) is 5.88 Å². The molecule has 0 N–H and O–H groups in total. The Balaban J connectivity index is 2.22. The van der Waals surface area contributed by atoms with Crippen LogP contribution in [0.25, 0.3) is 0 Å². The molecule has 1 unspecified atom stereocenters. The minimum Gasteiger partial charge on any atom is -0.469 e. The van der Waals surface area contributed by atoms with Crippen LogP contribution in [0.4, 0.5) is 5.69 Å². The fourth-order valence-corrected chi connectivity index (χ4v) is 3.06. The highest BCUT2D eigenvalue weighted by Crippen LogP contribution is 2.33. The largest absolute Gasteiger partial charge is 0.469 e. The van der Waals surface area contributed by atoms with Crippen LogP contribution in [0.5, 0.6) is 5.88 Å². The first-order chi connectivity index (χ1) is 12.5. The first kappa shape index (κ1) is 20.4. The van der Waals surface area contributed by atoms with Crippen molar-refractivity contribution in [1.29, 1.82) is 0 Å². The molecule has 0 amide bonds. The maximum Gasteiger partial charge on any atom is 0.228 e. The molecular formula is C21H28BrN3O. The van der Waals surface area contributed by atoms with Gasteiger partial charge in [-0.3, -0.25) is 0 Å². The van der Waals surface area contributed by atoms with E-state index in [0.29, 0.717) is 5.88 Å². The monoisotopic (exact) mass is 417 g/mol. The van der Waals surface area contributed by atoms with E-state index in [1.807, 2.05) is 31.3 Å². The van der Waals surface area contributed by atoms with Crippen molar-refractivity contribution >= 4 is 28.0 Å². The fraction of sp³-hybridized carbons (Fsp3) is 0.429. The van der Waals surface area contributed by atoms with Gasteiger partial charge in [-0.05, 0) is 60.3 Å². The molecule has 0 aliphatic rings. The molecule has 0 radical (unpaired) electrons. The lowest BCUT2D eigenvalue weighted by molar-refractivity contribution is 0.214. The molecule has 2 rings (SSSR count). The lowest BCUT2D eigenvalue weighted by atomic mass is 10.00. The summed E-state index contributed by atoms with van der Waals surface area (Å²) in [6.07, 6.45) is 3.92. The van der Waals surface area contributed by atoms with Gasteiger partial charge < -0.3 is 9.64 Å². The molecule has 0 spiro atoms. The molecule has 0 fully saturated rings. The number of aliphatic imine (C=N–C) groups is 1. The third kappa shape index (κ3) is 5.31. The summed E-state index contributed by atoms with van der Waals surface area (Å²) in [5, 5.41) is 0. The maximum atomic E-state index is 6.18. The molecule has 0 saturated carbocycles. The minimum absolute atomic E-state index is 0.0680. The Kier molecular flexibility index (Phi) is 7.64. The van der Waals surface area contributed by atoms with Gasteiger partial charge >= 0.3 is 0 Å². The molecule has 0 bridgehead atoms. The number of aromatic nitrogens is 1. The zero-order chi connectivity index (χ0) is 19.1. The van der Waals surface area contributed by atoms with E-state index in [0.717, 1.165) is 35.2 Å². The summed E-state index contributed by atoms with van der Waals surface area (Å²) in [7, 11) is 1.99. The van der Waals surface area contributed by atoms with E-state index in [1.165, 1.54) is 11.1 Å². The Hall–Kier alpha value is -1.88. The number of rotatable bonds is 8. The zero-order valence-electron chi connectivity index (χ0n) is 16.3. The molecule has 1 aromatic carbocycles. The number of benzene rings is 1. The molecule has 0 saturated heterocycles. The van der Waals surface area contributed by atoms with Crippen LogP contribution >= 0.6 is 15.9 Å². The third-order valence-electron chi connectivity index (χ3n) is 4.30. The summed E-state index contributed by atoms with van der Waals surface area (Å²) < 4.78 is 6.99. The van der Waals surface area contributed by atoms with Crippen LogP contribution in [0.15, 0.2) is 39.8 Å². The quantitative estimate of drug-likeness (QED) is 0.398. The number of aryl methyl sites for hydroxylation is 2. The van der Waals surface area contributed by atoms with Gasteiger partial charge in [0.1, 0.15) is 6.10 Å². The van der Waals surface area contributed by atoms with Gasteiger partial charge in [-0.25, -0.2) is 9.98 Å². The van der Waals surface area contributed by atoms with Crippen molar-refractivity contribution in [2.24, 2.45) is 4.99 Å². The van der Waals surface area contributed by atoms with E-state index < -0.39 is 0 Å². The van der Waals surface area contributed by atoms with Gasteiger partial charge in [0, 0.05) is 13.6 Å². The van der Waals surface area contributed by atoms with Crippen molar-refractivity contribution < 1.29 is 4.74 Å². The minimum atomic E-state index is -0.0680. The average Bonchev–Trinajstić information content (AvgIpc) is 2.63. The Morgan fingerprint density at radius 1 is 1.31 bits per heavy atom. The number of nitrogens with zero attached hydrogens (tertiary/aromatic N) is 3. The van der Waals surface area contributed by atoms with Crippen molar-refractivity contribution in [3.8, 4) is 5.88 Å². The van der Waals surface area contributed by atoms with Crippen molar-refractivity contribution in [1.82, 2.24) is 9.88 Å². The zero-order valence-corrected chi connectivity index (χ0v) is 17.9. The summed E-state index contributed by atoms with van der Waals surface area (Å²) in [4.78, 5) is 11.1. The molecule has 1 atom stereocenters. The summed E-state index contributed by atoms with van der Waals surface area (Å²) >= 11 is 3.58. The van der Waals surface area contributed by atoms with Gasteiger partial charge in [0.25, 0.3) is 0 Å². The highest BCUT2D eigenvalue weighted by molar-refractivity contribution is 9.10. The van der Waals surface area contributed by atoms with E-state index in [4.69, 9.17) is 4.74 Å². The van der Waals surface area contributed by atoms with E-state index in [1.54, 1.807) is 0 Å². The van der Waals surface area contributed by atoms with E-state index in [-0.39, 0.29) is 6.10 Å². The van der Waals surface area contributed by atoms with Crippen LogP contribution in [-0.2, 0) is 6.42 Å². The molecule has 26 heavy (non-hydrogen) atoms. The first-order valence-corrected chi connectivity index (χ1v) is 9.91. The van der Waals surface area contributed by atoms with E-state index >= 15 is 0 Å². The van der Waals surface area contributed by atoms with Crippen molar-refractivity contribution in [2.75, 3.05) is 13.6 Å². The molecule has 0 aliphatic carbocycles. The second-order valence-electron chi connectivity index (χ2n) is 6.41. The Morgan fingerprint density at radius 3 is 2.73 bits per heavy atom. The van der Waals surface area contributed by atoms with Crippen molar-refractivity contribution in [3.63, 3.8) is 0 Å². The number of halogens is 1. The highest BCUT2D eigenvalue weighted by Gasteiger charge is 2.15. The van der Waals surface area contributed by atoms with Gasteiger partial charge in [0.05, 0.1) is 22.2 Å². The Bertz CT molecular complexity index is 761. The summed E-state index contributed by atoms with van der Waals surface area (Å²) in [6.45, 7) is 9.21. The van der Waals surface area contributed by atoms with Crippen LogP contribution in [-0.4, -0.2) is 29.8 Å². The van der Waals surface area contributed by atoms with Crippen LogP contribution in [0.2, 0.25) is 0 Å². The van der Waals surface area contributed by atoms with Crippen LogP contribution in [0.1, 0.15) is 50.1 Å². The van der Waals surface area contributed by atoms with Crippen LogP contribution in [0.3, 0.4) is 0 Å². The first-order valence-electron chi connectivity index (χ1n) is 9.12. The number of hydrogen-bond acceptors (Lipinski definition) is 3. The van der Waals surface area contributed by atoms with Gasteiger partial charge in [-0.2, -0.15) is 0 Å². The summed E-state index contributed by atoms with van der Waals surface area (Å²) in [5.74, 6) is 0.601. The van der Waals surface area contributed by atoms with Crippen molar-refractivity contribution in [2.45, 2.75) is 46.6 Å². The maximum absolute atomic E-state index is 6.18. The normalized spacial score (nSPS) is 12.4. The molecule has 140 valence electrons. The van der Waals surface area contributed by atoms with Gasteiger partial charge in [-0.15, -0.1) is 0 Å². The lowest BCUT2D eigenvalue weighted by Gasteiger charge is -2.19. The smallest absolute Gasteiger partial charge is 0.228 e. The molecule has 0 aliphatic heterocycles. The van der Waals surface area contributed by atoms with Gasteiger partial charge in [0.15, 0.2) is 0 Å². The number of hydrogen-bond donors (Lipinski definition) is 0. The Morgan fingerprint density at radius 2 is 2.04 bits per heavy atom. The number of pyridine rings is 1. The fourth-order valence-electron chi connectivity index (χ4n) is 2.66. The lowest BCUT2D eigenvalue weighted by Crippen LogP contribution is -2.14. The second-order valence-corrected chi connectivity index (χ2v) is 7.26. The number of ether oxygens (including phenoxy) is 1. The molecule has 4 nitrogen and oxygen atoms in total. The molecule has 2 aromatic rings. The average molecular weight is 418 g/mol. The van der Waals surface area contributed by atoms with Crippen LogP contribution < -0.4 is 4.74 Å². The SMILES string of the molecule is CCCc1ccccc1C(C)Oc1nc(C)c(/N=C/N(C)CC)cc1Br. The van der Waals surface area contributed by atoms with Crippen LogP contribution in [0, 0.1) is 6.92 Å². The summed E-state index contributed by atoms with van der Waals surface area (Å²) in [6, 6.07) is 10.4. The predicted octanol–water partition coefficient (Wildman–Crippen LogP) is 5.86. The highest BCUT2D eigenvalue weighted by atomic mass is 79.9. The third-order valence-corrected chi connectivity index (χ3v) is 4.87. The molecule has 1 heterocycles. The Labute approximate surface area is 165 Å². The topological polar surface area (TPSA) is 37.7 Å². The van der Waals surface area contributed by atoms with E-state index in [2.05, 4.69) is 70.9 Å². The van der Waals surface area contributed by atoms with Crippen molar-refractivity contribution in [3.05, 3.63) is 51.6 Å². The summed E-state index contributed by atoms with van der Waals surface area (Å²) in [5.41, 5.74) is 4.23. The standard InChI is InChI=1S/C21H28BrN3O/c1-6-10-17-11-8-9-12-18(17)16(4)26-21-19(22)13-20(15(3)24-21)23-14-25(5)7-2/h8-9,11-14,16H,6-7,10H2,1-5H3/b23-14+. The predicted molar refractivity (Wildman–Crippen MR) is 113 cm³/mol. The molecule has 1 aromatic heterocycles. The molecule has 5 heteroatoms.